The minimum absolute atomic E-state index is 0.00865. The molecule has 3 aromatic rings. The van der Waals surface area contributed by atoms with Gasteiger partial charge in [-0.25, -0.2) is 0 Å². The molecule has 144 valence electrons. The van der Waals surface area contributed by atoms with Gasteiger partial charge in [-0.3, -0.25) is 14.4 Å². The average molecular weight is 377 g/mol. The molecule has 0 saturated heterocycles. The first-order valence-electron chi connectivity index (χ1n) is 9.19. The van der Waals surface area contributed by atoms with Gasteiger partial charge in [-0.05, 0) is 31.5 Å². The molecule has 0 fully saturated rings. The molecule has 1 heterocycles. The quantitative estimate of drug-likeness (QED) is 0.693. The van der Waals surface area contributed by atoms with E-state index in [0.29, 0.717) is 17.4 Å². The molecule has 28 heavy (non-hydrogen) atoms. The highest BCUT2D eigenvalue weighted by Gasteiger charge is 2.19. The first-order valence-corrected chi connectivity index (χ1v) is 9.19. The fraction of sp³-hybridized carbons (Fsp3) is 0.227. The van der Waals surface area contributed by atoms with Gasteiger partial charge in [-0.15, -0.1) is 0 Å². The van der Waals surface area contributed by atoms with Crippen molar-refractivity contribution in [3.8, 4) is 0 Å². The summed E-state index contributed by atoms with van der Waals surface area (Å²) < 4.78 is 0. The maximum absolute atomic E-state index is 12.6. The van der Waals surface area contributed by atoms with Crippen LogP contribution in [0.15, 0.2) is 65.6 Å². The van der Waals surface area contributed by atoms with Crippen molar-refractivity contribution in [2.24, 2.45) is 0 Å². The molecule has 0 atom stereocenters. The van der Waals surface area contributed by atoms with E-state index in [1.54, 1.807) is 23.1 Å². The van der Waals surface area contributed by atoms with Crippen LogP contribution in [0, 0.1) is 0 Å². The van der Waals surface area contributed by atoms with Crippen LogP contribution in [0.4, 0.5) is 0 Å². The highest BCUT2D eigenvalue weighted by atomic mass is 16.2. The number of nitrogens with zero attached hydrogens (tertiary/aromatic N) is 1. The Morgan fingerprint density at radius 3 is 2.43 bits per heavy atom. The van der Waals surface area contributed by atoms with Crippen LogP contribution in [-0.2, 0) is 11.3 Å². The zero-order chi connectivity index (χ0) is 20.1. The van der Waals surface area contributed by atoms with E-state index in [2.05, 4.69) is 10.3 Å². The monoisotopic (exact) mass is 377 g/mol. The lowest BCUT2D eigenvalue weighted by Gasteiger charge is -2.27. The Hall–Kier alpha value is -3.41. The number of pyridine rings is 1. The van der Waals surface area contributed by atoms with Crippen LogP contribution in [0.25, 0.3) is 10.9 Å². The Balaban J connectivity index is 1.70. The summed E-state index contributed by atoms with van der Waals surface area (Å²) in [5, 5.41) is 3.01. The second kappa shape index (κ2) is 8.52. The minimum atomic E-state index is -0.566. The molecule has 6 nitrogen and oxygen atoms in total. The molecule has 1 aromatic heterocycles. The van der Waals surface area contributed by atoms with Crippen LogP contribution < -0.4 is 10.7 Å². The maximum Gasteiger partial charge on any atom is 0.257 e. The fourth-order valence-corrected chi connectivity index (χ4v) is 3.03. The largest absolute Gasteiger partial charge is 0.360 e. The molecule has 0 bridgehead atoms. The van der Waals surface area contributed by atoms with Crippen LogP contribution in [0.5, 0.6) is 0 Å². The van der Waals surface area contributed by atoms with Crippen LogP contribution in [0.2, 0.25) is 0 Å². The van der Waals surface area contributed by atoms with Crippen molar-refractivity contribution in [3.63, 3.8) is 0 Å². The second-order valence-electron chi connectivity index (χ2n) is 6.86. The number of aromatic amines is 1. The van der Waals surface area contributed by atoms with Gasteiger partial charge >= 0.3 is 0 Å². The lowest BCUT2D eigenvalue weighted by Crippen LogP contribution is -2.43. The van der Waals surface area contributed by atoms with Crippen molar-refractivity contribution < 1.29 is 9.59 Å². The molecule has 0 radical (unpaired) electrons. The first kappa shape index (κ1) is 19.4. The van der Waals surface area contributed by atoms with Crippen LogP contribution in [0.1, 0.15) is 29.8 Å². The van der Waals surface area contributed by atoms with Gasteiger partial charge in [0.05, 0.1) is 6.54 Å². The molecule has 2 N–H and O–H groups in total. The zero-order valence-electron chi connectivity index (χ0n) is 15.9. The van der Waals surface area contributed by atoms with Crippen LogP contribution in [-0.4, -0.2) is 34.3 Å². The van der Waals surface area contributed by atoms with Crippen molar-refractivity contribution in [2.75, 3.05) is 6.54 Å². The molecule has 0 aliphatic heterocycles. The maximum atomic E-state index is 12.6. The number of carbonyl (C=O) groups is 2. The normalized spacial score (nSPS) is 10.8. The third kappa shape index (κ3) is 4.28. The van der Waals surface area contributed by atoms with E-state index in [4.69, 9.17) is 0 Å². The van der Waals surface area contributed by atoms with Crippen molar-refractivity contribution in [3.05, 3.63) is 82.1 Å². The Morgan fingerprint density at radius 1 is 1.04 bits per heavy atom. The minimum Gasteiger partial charge on any atom is -0.360 e. The van der Waals surface area contributed by atoms with Gasteiger partial charge in [-0.1, -0.05) is 42.5 Å². The zero-order valence-corrected chi connectivity index (χ0v) is 15.9. The predicted octanol–water partition coefficient (Wildman–Crippen LogP) is 2.70. The summed E-state index contributed by atoms with van der Waals surface area (Å²) in [6.07, 6.45) is 1.38. The van der Waals surface area contributed by atoms with E-state index in [1.807, 2.05) is 50.2 Å². The van der Waals surface area contributed by atoms with Gasteiger partial charge in [0.1, 0.15) is 5.56 Å². The molecule has 2 amide bonds. The number of benzene rings is 2. The Bertz CT molecular complexity index is 1040. The van der Waals surface area contributed by atoms with E-state index in [1.165, 1.54) is 6.20 Å². The van der Waals surface area contributed by atoms with E-state index in [0.717, 1.165) is 5.56 Å². The van der Waals surface area contributed by atoms with Gasteiger partial charge in [0, 0.05) is 29.7 Å². The van der Waals surface area contributed by atoms with E-state index >= 15 is 0 Å². The molecule has 0 unspecified atom stereocenters. The summed E-state index contributed by atoms with van der Waals surface area (Å²) in [5.41, 5.74) is 1.31. The molecule has 0 aliphatic carbocycles. The van der Waals surface area contributed by atoms with Gasteiger partial charge in [0.2, 0.25) is 11.3 Å². The van der Waals surface area contributed by atoms with Crippen LogP contribution in [0.3, 0.4) is 0 Å². The number of fused-ring (bicyclic) bond motifs is 1. The number of H-pyrrole nitrogens is 1. The van der Waals surface area contributed by atoms with Gasteiger partial charge in [-0.2, -0.15) is 0 Å². The number of hydrogen-bond acceptors (Lipinski definition) is 3. The topological polar surface area (TPSA) is 82.3 Å². The number of hydrogen-bond donors (Lipinski definition) is 2. The summed E-state index contributed by atoms with van der Waals surface area (Å²) >= 11 is 0. The molecular weight excluding hydrogens is 354 g/mol. The Morgan fingerprint density at radius 2 is 1.71 bits per heavy atom. The molecule has 6 heteroatoms. The molecular formula is C22H23N3O3. The van der Waals surface area contributed by atoms with E-state index in [9.17, 15) is 14.4 Å². The van der Waals surface area contributed by atoms with Crippen molar-refractivity contribution in [1.29, 1.82) is 0 Å². The molecule has 0 spiro atoms. The Kier molecular flexibility index (Phi) is 5.89. The van der Waals surface area contributed by atoms with Gasteiger partial charge in [0.15, 0.2) is 0 Å². The SMILES string of the molecule is CC(C)N(Cc1ccccc1)C(=O)CNC(=O)c1c[nH]c2ccccc2c1=O. The summed E-state index contributed by atoms with van der Waals surface area (Å²) in [5.74, 6) is -0.770. The number of aromatic nitrogens is 1. The number of nitrogens with one attached hydrogen (secondary N) is 2. The van der Waals surface area contributed by atoms with Crippen LogP contribution >= 0.6 is 0 Å². The third-order valence-corrected chi connectivity index (χ3v) is 4.57. The first-order chi connectivity index (χ1) is 13.5. The Labute approximate surface area is 163 Å². The third-order valence-electron chi connectivity index (χ3n) is 4.57. The summed E-state index contributed by atoms with van der Waals surface area (Å²) in [6, 6.07) is 16.6. The highest BCUT2D eigenvalue weighted by molar-refractivity contribution is 5.98. The summed E-state index contributed by atoms with van der Waals surface area (Å²) in [4.78, 5) is 42.3. The molecule has 0 aliphatic rings. The fourth-order valence-electron chi connectivity index (χ4n) is 3.03. The number of carbonyl (C=O) groups excluding carboxylic acids is 2. The lowest BCUT2D eigenvalue weighted by atomic mass is 10.1. The smallest absolute Gasteiger partial charge is 0.257 e. The highest BCUT2D eigenvalue weighted by Crippen LogP contribution is 2.09. The number of rotatable bonds is 6. The molecule has 0 saturated carbocycles. The van der Waals surface area contributed by atoms with Gasteiger partial charge < -0.3 is 15.2 Å². The summed E-state index contributed by atoms with van der Waals surface area (Å²) in [7, 11) is 0. The molecule has 3 rings (SSSR count). The standard InChI is InChI=1S/C22H23N3O3/c1-15(2)25(14-16-8-4-3-5-9-16)20(26)13-24-22(28)18-12-23-19-11-7-6-10-17(19)21(18)27/h3-12,15H,13-14H2,1-2H3,(H,23,27)(H,24,28). The lowest BCUT2D eigenvalue weighted by molar-refractivity contribution is -0.132. The predicted molar refractivity (Wildman–Crippen MR) is 109 cm³/mol. The number of para-hydroxylation sites is 1. The second-order valence-corrected chi connectivity index (χ2v) is 6.86. The van der Waals surface area contributed by atoms with E-state index in [-0.39, 0.29) is 29.5 Å². The van der Waals surface area contributed by atoms with Crippen molar-refractivity contribution >= 4 is 22.7 Å². The summed E-state index contributed by atoms with van der Waals surface area (Å²) in [6.45, 7) is 4.15. The number of amides is 2. The molecule has 2 aromatic carbocycles. The van der Waals surface area contributed by atoms with Crippen molar-refractivity contribution in [2.45, 2.75) is 26.4 Å². The van der Waals surface area contributed by atoms with E-state index < -0.39 is 5.91 Å². The van der Waals surface area contributed by atoms with Crippen molar-refractivity contribution in [1.82, 2.24) is 15.2 Å². The average Bonchev–Trinajstić information content (AvgIpc) is 2.71. The van der Waals surface area contributed by atoms with Gasteiger partial charge in [0.25, 0.3) is 5.91 Å².